The molecule has 9 nitrogen and oxygen atoms in total. The van der Waals surface area contributed by atoms with Gasteiger partial charge in [0.2, 0.25) is 5.89 Å². The molecule has 0 spiro atoms. The van der Waals surface area contributed by atoms with Crippen molar-refractivity contribution >= 4 is 5.91 Å². The minimum Gasteiger partial charge on any atom is -0.493 e. The highest BCUT2D eigenvalue weighted by Gasteiger charge is 2.19. The molecule has 0 aliphatic rings. The van der Waals surface area contributed by atoms with Gasteiger partial charge in [-0.3, -0.25) is 4.79 Å². The number of rotatable bonds is 9. The molecule has 0 bridgehead atoms. The van der Waals surface area contributed by atoms with Crippen LogP contribution in [0.15, 0.2) is 46.9 Å². The molecule has 0 unspecified atom stereocenters. The Bertz CT molecular complexity index is 1320. The Labute approximate surface area is 204 Å². The van der Waals surface area contributed by atoms with Crippen LogP contribution < -0.4 is 14.8 Å². The van der Waals surface area contributed by atoms with Crippen LogP contribution in [-0.4, -0.2) is 46.6 Å². The van der Waals surface area contributed by atoms with Crippen LogP contribution in [0.2, 0.25) is 0 Å². The van der Waals surface area contributed by atoms with Crippen molar-refractivity contribution in [3.63, 3.8) is 0 Å². The SMILES string of the molecule is COc1ccc(CCNC(=O)c2nnn(Cc3nc(-c4ccc(C)cc4)oc3C)c2C)cc1OC. The summed E-state index contributed by atoms with van der Waals surface area (Å²) >= 11 is 0. The summed E-state index contributed by atoms with van der Waals surface area (Å²) in [6.45, 7) is 6.53. The highest BCUT2D eigenvalue weighted by atomic mass is 16.5. The highest BCUT2D eigenvalue weighted by Crippen LogP contribution is 2.27. The lowest BCUT2D eigenvalue weighted by Gasteiger charge is -2.10. The van der Waals surface area contributed by atoms with Gasteiger partial charge in [0, 0.05) is 12.1 Å². The molecule has 9 heteroatoms. The van der Waals surface area contributed by atoms with Gasteiger partial charge in [0.1, 0.15) is 11.5 Å². The Morgan fingerprint density at radius 3 is 2.49 bits per heavy atom. The number of carbonyl (C=O) groups excluding carboxylic acids is 1. The number of ether oxygens (including phenoxy) is 2. The number of nitrogens with zero attached hydrogens (tertiary/aromatic N) is 4. The second kappa shape index (κ2) is 10.4. The molecule has 4 rings (SSSR count). The molecule has 182 valence electrons. The average molecular weight is 476 g/mol. The zero-order valence-corrected chi connectivity index (χ0v) is 20.6. The van der Waals surface area contributed by atoms with Crippen LogP contribution in [0.3, 0.4) is 0 Å². The van der Waals surface area contributed by atoms with E-state index in [1.54, 1.807) is 18.9 Å². The molecule has 0 radical (unpaired) electrons. The number of oxazole rings is 1. The van der Waals surface area contributed by atoms with Gasteiger partial charge in [-0.1, -0.05) is 29.0 Å². The molecule has 35 heavy (non-hydrogen) atoms. The van der Waals surface area contributed by atoms with Gasteiger partial charge in [0.25, 0.3) is 5.91 Å². The van der Waals surface area contributed by atoms with E-state index in [2.05, 4.69) is 20.6 Å². The van der Waals surface area contributed by atoms with Crippen molar-refractivity contribution < 1.29 is 18.7 Å². The van der Waals surface area contributed by atoms with Crippen LogP contribution >= 0.6 is 0 Å². The molecule has 2 aromatic carbocycles. The van der Waals surface area contributed by atoms with Gasteiger partial charge in [0.05, 0.1) is 26.5 Å². The minimum absolute atomic E-state index is 0.272. The van der Waals surface area contributed by atoms with Gasteiger partial charge >= 0.3 is 0 Å². The Morgan fingerprint density at radius 2 is 1.77 bits per heavy atom. The van der Waals surface area contributed by atoms with Gasteiger partial charge in [-0.25, -0.2) is 9.67 Å². The number of nitrogens with one attached hydrogen (secondary N) is 1. The number of aromatic nitrogens is 4. The van der Waals surface area contributed by atoms with E-state index in [1.807, 2.05) is 63.2 Å². The lowest BCUT2D eigenvalue weighted by molar-refractivity contribution is 0.0948. The molecule has 0 saturated carbocycles. The predicted octanol–water partition coefficient (Wildman–Crippen LogP) is 3.90. The van der Waals surface area contributed by atoms with Gasteiger partial charge in [0.15, 0.2) is 17.2 Å². The number of hydrogen-bond donors (Lipinski definition) is 1. The van der Waals surface area contributed by atoms with Crippen molar-refractivity contribution in [1.29, 1.82) is 0 Å². The first-order valence-electron chi connectivity index (χ1n) is 11.3. The smallest absolute Gasteiger partial charge is 0.273 e. The van der Waals surface area contributed by atoms with E-state index in [1.165, 1.54) is 5.56 Å². The van der Waals surface area contributed by atoms with E-state index in [4.69, 9.17) is 13.9 Å². The largest absolute Gasteiger partial charge is 0.493 e. The number of methoxy groups -OCH3 is 2. The third kappa shape index (κ3) is 5.34. The summed E-state index contributed by atoms with van der Waals surface area (Å²) < 4.78 is 18.1. The normalized spacial score (nSPS) is 10.9. The van der Waals surface area contributed by atoms with Crippen molar-refractivity contribution in [3.05, 3.63) is 76.4 Å². The van der Waals surface area contributed by atoms with Crippen molar-refractivity contribution in [2.75, 3.05) is 20.8 Å². The zero-order valence-electron chi connectivity index (χ0n) is 20.6. The molecule has 4 aromatic rings. The quantitative estimate of drug-likeness (QED) is 0.391. The van der Waals surface area contributed by atoms with Crippen molar-refractivity contribution in [2.24, 2.45) is 0 Å². The molecule has 0 aliphatic carbocycles. The van der Waals surface area contributed by atoms with Crippen molar-refractivity contribution in [1.82, 2.24) is 25.3 Å². The standard InChI is InChI=1S/C26H29N5O4/c1-16-6-9-20(10-7-16)26-28-21(18(3)35-26)15-31-17(2)24(29-30-31)25(32)27-13-12-19-8-11-22(33-4)23(14-19)34-5/h6-11,14H,12-13,15H2,1-5H3,(H,27,32). The molecule has 0 fully saturated rings. The van der Waals surface area contributed by atoms with Crippen LogP contribution in [-0.2, 0) is 13.0 Å². The Kier molecular flexibility index (Phi) is 7.14. The first-order valence-corrected chi connectivity index (χ1v) is 11.3. The molecule has 2 heterocycles. The maximum atomic E-state index is 12.7. The van der Waals surface area contributed by atoms with Gasteiger partial charge in [-0.15, -0.1) is 5.10 Å². The summed E-state index contributed by atoms with van der Waals surface area (Å²) in [5.41, 5.74) is 4.80. The molecule has 1 amide bonds. The third-order valence-corrected chi connectivity index (χ3v) is 5.84. The Morgan fingerprint density at radius 1 is 1.03 bits per heavy atom. The topological polar surface area (TPSA) is 104 Å². The zero-order chi connectivity index (χ0) is 24.9. The average Bonchev–Trinajstić information content (AvgIpc) is 3.41. The van der Waals surface area contributed by atoms with Crippen LogP contribution in [0.25, 0.3) is 11.5 Å². The Balaban J connectivity index is 1.39. The molecule has 0 aliphatic heterocycles. The minimum atomic E-state index is -0.272. The molecule has 0 atom stereocenters. The molecule has 2 aromatic heterocycles. The lowest BCUT2D eigenvalue weighted by atomic mass is 10.1. The summed E-state index contributed by atoms with van der Waals surface area (Å²) in [6, 6.07) is 13.7. The van der Waals surface area contributed by atoms with E-state index in [-0.39, 0.29) is 11.6 Å². The number of benzene rings is 2. The van der Waals surface area contributed by atoms with Crippen molar-refractivity contribution in [2.45, 2.75) is 33.7 Å². The monoisotopic (exact) mass is 475 g/mol. The summed E-state index contributed by atoms with van der Waals surface area (Å²) in [4.78, 5) is 17.4. The number of carbonyl (C=O) groups is 1. The summed E-state index contributed by atoms with van der Waals surface area (Å²) in [5.74, 6) is 2.32. The number of aryl methyl sites for hydroxylation is 2. The van der Waals surface area contributed by atoms with Crippen LogP contribution in [0.1, 0.15) is 38.8 Å². The molecule has 0 saturated heterocycles. The predicted molar refractivity (Wildman–Crippen MR) is 131 cm³/mol. The van der Waals surface area contributed by atoms with Crippen LogP contribution in [0.4, 0.5) is 0 Å². The van der Waals surface area contributed by atoms with Gasteiger partial charge in [-0.2, -0.15) is 0 Å². The molecular formula is C26H29N5O4. The summed E-state index contributed by atoms with van der Waals surface area (Å²) in [5, 5.41) is 11.2. The van der Waals surface area contributed by atoms with Crippen LogP contribution in [0.5, 0.6) is 11.5 Å². The fourth-order valence-corrected chi connectivity index (χ4v) is 3.70. The van der Waals surface area contributed by atoms with Crippen molar-refractivity contribution in [3.8, 4) is 23.0 Å². The van der Waals surface area contributed by atoms with E-state index < -0.39 is 0 Å². The number of hydrogen-bond acceptors (Lipinski definition) is 7. The second-order valence-electron chi connectivity index (χ2n) is 8.26. The third-order valence-electron chi connectivity index (χ3n) is 5.84. The van der Waals surface area contributed by atoms with E-state index >= 15 is 0 Å². The fraction of sp³-hybridized carbons (Fsp3) is 0.308. The summed E-state index contributed by atoms with van der Waals surface area (Å²) in [7, 11) is 3.19. The highest BCUT2D eigenvalue weighted by molar-refractivity contribution is 5.93. The van der Waals surface area contributed by atoms with E-state index in [0.717, 1.165) is 16.8 Å². The van der Waals surface area contributed by atoms with Gasteiger partial charge < -0.3 is 19.2 Å². The first-order chi connectivity index (χ1) is 16.9. The summed E-state index contributed by atoms with van der Waals surface area (Å²) in [6.07, 6.45) is 0.638. The van der Waals surface area contributed by atoms with Crippen LogP contribution in [0, 0.1) is 20.8 Å². The van der Waals surface area contributed by atoms with E-state index in [9.17, 15) is 4.79 Å². The fourth-order valence-electron chi connectivity index (χ4n) is 3.70. The maximum absolute atomic E-state index is 12.7. The number of amides is 1. The molecular weight excluding hydrogens is 446 g/mol. The van der Waals surface area contributed by atoms with E-state index in [0.29, 0.717) is 48.4 Å². The van der Waals surface area contributed by atoms with Gasteiger partial charge in [-0.05, 0) is 57.0 Å². The molecule has 1 N–H and O–H groups in total. The second-order valence-corrected chi connectivity index (χ2v) is 8.26. The Hall–Kier alpha value is -4.14. The first kappa shape index (κ1) is 24.0. The maximum Gasteiger partial charge on any atom is 0.273 e. The lowest BCUT2D eigenvalue weighted by Crippen LogP contribution is -2.26.